The van der Waals surface area contributed by atoms with E-state index in [-0.39, 0.29) is 12.1 Å². The van der Waals surface area contributed by atoms with Crippen LogP contribution in [0.15, 0.2) is 17.6 Å². The van der Waals surface area contributed by atoms with Crippen LogP contribution in [0.2, 0.25) is 0 Å². The number of amides is 1. The van der Waals surface area contributed by atoms with Crippen LogP contribution in [0.5, 0.6) is 0 Å². The number of aliphatic imine (C=N–C) groups is 1. The average molecular weight is 310 g/mol. The number of rotatable bonds is 4. The molecule has 0 saturated carbocycles. The first-order chi connectivity index (χ1) is 10.4. The van der Waals surface area contributed by atoms with E-state index in [9.17, 15) is 4.79 Å². The van der Waals surface area contributed by atoms with Crippen LogP contribution in [-0.2, 0) is 4.74 Å². The average Bonchev–Trinajstić information content (AvgIpc) is 2.46. The van der Waals surface area contributed by atoms with Gasteiger partial charge in [-0.1, -0.05) is 6.08 Å². The van der Waals surface area contributed by atoms with E-state index in [1.807, 2.05) is 25.7 Å². The smallest absolute Gasteiger partial charge is 0.410 e. The third-order valence-corrected chi connectivity index (χ3v) is 3.40. The van der Waals surface area contributed by atoms with Crippen molar-refractivity contribution in [2.75, 3.05) is 26.7 Å². The molecule has 22 heavy (non-hydrogen) atoms. The van der Waals surface area contributed by atoms with Crippen molar-refractivity contribution in [1.82, 2.24) is 15.5 Å². The number of nitrogens with one attached hydrogen (secondary N) is 2. The molecular weight excluding hydrogens is 280 g/mol. The van der Waals surface area contributed by atoms with Crippen molar-refractivity contribution < 1.29 is 9.53 Å². The first-order valence-corrected chi connectivity index (χ1v) is 7.92. The molecule has 1 aliphatic heterocycles. The largest absolute Gasteiger partial charge is 0.444 e. The van der Waals surface area contributed by atoms with Gasteiger partial charge in [0.15, 0.2) is 5.96 Å². The minimum Gasteiger partial charge on any atom is -0.444 e. The Bertz CT molecular complexity index is 401. The van der Waals surface area contributed by atoms with Crippen molar-refractivity contribution in [1.29, 1.82) is 0 Å². The van der Waals surface area contributed by atoms with Gasteiger partial charge in [-0.05, 0) is 40.0 Å². The number of ether oxygens (including phenoxy) is 1. The quantitative estimate of drug-likeness (QED) is 0.474. The van der Waals surface area contributed by atoms with Crippen molar-refractivity contribution in [2.45, 2.75) is 51.7 Å². The molecule has 6 heteroatoms. The standard InChI is InChI=1S/C16H30N4O2/c1-6-10-18-14(17-5)19-12-13-9-7-8-11-20(13)15(21)22-16(2,3)4/h6,13H,1,7-12H2,2-5H3,(H2,17,18,19). The zero-order valence-electron chi connectivity index (χ0n) is 14.3. The highest BCUT2D eigenvalue weighted by atomic mass is 16.6. The van der Waals surface area contributed by atoms with Gasteiger partial charge in [0.1, 0.15) is 5.60 Å². The SMILES string of the molecule is C=CCNC(=NC)NCC1CCCCN1C(=O)OC(C)(C)C. The number of carbonyl (C=O) groups excluding carboxylic acids is 1. The summed E-state index contributed by atoms with van der Waals surface area (Å²) in [5, 5.41) is 6.39. The zero-order chi connectivity index (χ0) is 16.6. The Labute approximate surface area is 134 Å². The predicted molar refractivity (Wildman–Crippen MR) is 90.1 cm³/mol. The third kappa shape index (κ3) is 6.37. The number of carbonyl (C=O) groups is 1. The van der Waals surface area contributed by atoms with Crippen molar-refractivity contribution in [3.05, 3.63) is 12.7 Å². The molecule has 2 N–H and O–H groups in total. The Morgan fingerprint density at radius 3 is 2.73 bits per heavy atom. The van der Waals surface area contributed by atoms with Crippen molar-refractivity contribution in [3.8, 4) is 0 Å². The second kappa shape index (κ2) is 8.66. The lowest BCUT2D eigenvalue weighted by Gasteiger charge is -2.37. The van der Waals surface area contributed by atoms with Gasteiger partial charge in [0.2, 0.25) is 0 Å². The van der Waals surface area contributed by atoms with Crippen molar-refractivity contribution in [2.24, 2.45) is 4.99 Å². The Balaban J connectivity index is 2.58. The lowest BCUT2D eigenvalue weighted by molar-refractivity contribution is 0.0104. The molecule has 0 aromatic heterocycles. The lowest BCUT2D eigenvalue weighted by Crippen LogP contribution is -2.52. The van der Waals surface area contributed by atoms with Gasteiger partial charge < -0.3 is 20.3 Å². The van der Waals surface area contributed by atoms with Crippen LogP contribution in [0.1, 0.15) is 40.0 Å². The molecule has 0 aromatic carbocycles. The summed E-state index contributed by atoms with van der Waals surface area (Å²) in [5.41, 5.74) is -0.464. The Hall–Kier alpha value is -1.72. The van der Waals surface area contributed by atoms with Gasteiger partial charge >= 0.3 is 6.09 Å². The molecule has 1 heterocycles. The number of hydrogen-bond donors (Lipinski definition) is 2. The Kier molecular flexibility index (Phi) is 7.21. The second-order valence-corrected chi connectivity index (χ2v) is 6.45. The summed E-state index contributed by atoms with van der Waals surface area (Å²) in [6, 6.07) is 0.130. The highest BCUT2D eigenvalue weighted by molar-refractivity contribution is 5.79. The molecule has 0 bridgehead atoms. The van der Waals surface area contributed by atoms with Gasteiger partial charge in [0, 0.05) is 26.7 Å². The fourth-order valence-electron chi connectivity index (χ4n) is 2.38. The van der Waals surface area contributed by atoms with E-state index in [4.69, 9.17) is 4.74 Å². The van der Waals surface area contributed by atoms with Crippen LogP contribution in [0.3, 0.4) is 0 Å². The molecule has 1 unspecified atom stereocenters. The van der Waals surface area contributed by atoms with Gasteiger partial charge in [0.05, 0.1) is 6.04 Å². The van der Waals surface area contributed by atoms with E-state index < -0.39 is 5.60 Å². The normalized spacial score (nSPS) is 19.5. The van der Waals surface area contributed by atoms with Crippen LogP contribution in [0.25, 0.3) is 0 Å². The van der Waals surface area contributed by atoms with Gasteiger partial charge in [-0.15, -0.1) is 6.58 Å². The zero-order valence-corrected chi connectivity index (χ0v) is 14.3. The van der Waals surface area contributed by atoms with Gasteiger partial charge in [-0.3, -0.25) is 4.99 Å². The van der Waals surface area contributed by atoms with E-state index >= 15 is 0 Å². The van der Waals surface area contributed by atoms with Gasteiger partial charge in [-0.25, -0.2) is 4.79 Å². The topological polar surface area (TPSA) is 66.0 Å². The molecule has 1 rings (SSSR count). The highest BCUT2D eigenvalue weighted by Gasteiger charge is 2.30. The second-order valence-electron chi connectivity index (χ2n) is 6.45. The molecule has 6 nitrogen and oxygen atoms in total. The number of hydrogen-bond acceptors (Lipinski definition) is 3. The molecule has 1 saturated heterocycles. The minimum atomic E-state index is -0.464. The maximum absolute atomic E-state index is 12.3. The summed E-state index contributed by atoms with van der Waals surface area (Å²) in [5.74, 6) is 0.717. The van der Waals surface area contributed by atoms with Crippen LogP contribution in [0, 0.1) is 0 Å². The molecule has 0 aromatic rings. The third-order valence-electron chi connectivity index (χ3n) is 3.40. The van der Waals surface area contributed by atoms with Gasteiger partial charge in [-0.2, -0.15) is 0 Å². The minimum absolute atomic E-state index is 0.130. The van der Waals surface area contributed by atoms with Crippen LogP contribution in [-0.4, -0.2) is 55.3 Å². The lowest BCUT2D eigenvalue weighted by atomic mass is 10.0. The molecule has 1 aliphatic rings. The summed E-state index contributed by atoms with van der Waals surface area (Å²) in [4.78, 5) is 18.3. The summed E-state index contributed by atoms with van der Waals surface area (Å²) >= 11 is 0. The maximum atomic E-state index is 12.3. The predicted octanol–water partition coefficient (Wildman–Crippen LogP) is 2.13. The summed E-state index contributed by atoms with van der Waals surface area (Å²) < 4.78 is 5.51. The van der Waals surface area contributed by atoms with Crippen LogP contribution >= 0.6 is 0 Å². The molecule has 1 atom stereocenters. The van der Waals surface area contributed by atoms with Crippen molar-refractivity contribution >= 4 is 12.1 Å². The number of guanidine groups is 1. The Morgan fingerprint density at radius 1 is 1.41 bits per heavy atom. The maximum Gasteiger partial charge on any atom is 0.410 e. The number of piperidine rings is 1. The summed E-state index contributed by atoms with van der Waals surface area (Å²) in [6.07, 6.45) is 4.68. The van der Waals surface area contributed by atoms with E-state index in [2.05, 4.69) is 22.2 Å². The van der Waals surface area contributed by atoms with Crippen LogP contribution < -0.4 is 10.6 Å². The van der Waals surface area contributed by atoms with E-state index in [1.54, 1.807) is 13.1 Å². The number of nitrogens with zero attached hydrogens (tertiary/aromatic N) is 2. The molecule has 0 aliphatic carbocycles. The first-order valence-electron chi connectivity index (χ1n) is 7.92. The fourth-order valence-corrected chi connectivity index (χ4v) is 2.38. The van der Waals surface area contributed by atoms with E-state index in [0.717, 1.165) is 31.8 Å². The fraction of sp³-hybridized carbons (Fsp3) is 0.750. The molecule has 126 valence electrons. The summed E-state index contributed by atoms with van der Waals surface area (Å²) in [6.45, 7) is 11.4. The molecule has 1 fully saturated rings. The molecule has 0 radical (unpaired) electrons. The number of likely N-dealkylation sites (tertiary alicyclic amines) is 1. The van der Waals surface area contributed by atoms with Crippen molar-refractivity contribution in [3.63, 3.8) is 0 Å². The first kappa shape index (κ1) is 18.3. The molecule has 0 spiro atoms. The van der Waals surface area contributed by atoms with E-state index in [1.165, 1.54) is 0 Å². The molecular formula is C16H30N4O2. The summed E-state index contributed by atoms with van der Waals surface area (Å²) in [7, 11) is 1.73. The van der Waals surface area contributed by atoms with Crippen LogP contribution in [0.4, 0.5) is 4.79 Å². The monoisotopic (exact) mass is 310 g/mol. The van der Waals surface area contributed by atoms with Gasteiger partial charge in [0.25, 0.3) is 0 Å². The molecule has 1 amide bonds. The Morgan fingerprint density at radius 2 is 2.14 bits per heavy atom. The highest BCUT2D eigenvalue weighted by Crippen LogP contribution is 2.19. The van der Waals surface area contributed by atoms with E-state index in [0.29, 0.717) is 13.1 Å².